The SMILES string of the molecule is CCCCC(C)(C=O)OC(N)=O. The summed E-state index contributed by atoms with van der Waals surface area (Å²) in [6.07, 6.45) is 2.03. The minimum Gasteiger partial charge on any atom is -0.436 e. The number of unbranched alkanes of at least 4 members (excludes halogenated alkanes) is 1. The maximum Gasteiger partial charge on any atom is 0.405 e. The average molecular weight is 173 g/mol. The highest BCUT2D eigenvalue weighted by atomic mass is 16.6. The number of aldehydes is 1. The van der Waals surface area contributed by atoms with Crippen molar-refractivity contribution in [2.45, 2.75) is 38.7 Å². The molecule has 0 radical (unpaired) electrons. The van der Waals surface area contributed by atoms with Crippen LogP contribution in [0.5, 0.6) is 0 Å². The van der Waals surface area contributed by atoms with Gasteiger partial charge in [-0.2, -0.15) is 0 Å². The third kappa shape index (κ3) is 3.95. The van der Waals surface area contributed by atoms with Gasteiger partial charge in [-0.15, -0.1) is 0 Å². The number of hydrogen-bond donors (Lipinski definition) is 1. The summed E-state index contributed by atoms with van der Waals surface area (Å²) >= 11 is 0. The molecule has 70 valence electrons. The molecule has 0 aromatic heterocycles. The van der Waals surface area contributed by atoms with Gasteiger partial charge in [0.05, 0.1) is 0 Å². The highest BCUT2D eigenvalue weighted by Gasteiger charge is 2.26. The number of amides is 1. The summed E-state index contributed by atoms with van der Waals surface area (Å²) in [5, 5.41) is 0. The van der Waals surface area contributed by atoms with Gasteiger partial charge in [0.2, 0.25) is 0 Å². The van der Waals surface area contributed by atoms with Gasteiger partial charge >= 0.3 is 6.09 Å². The van der Waals surface area contributed by atoms with Crippen LogP contribution < -0.4 is 5.73 Å². The molecule has 0 aliphatic heterocycles. The van der Waals surface area contributed by atoms with E-state index in [1.807, 2.05) is 6.92 Å². The Balaban J connectivity index is 4.04. The molecule has 4 heteroatoms. The van der Waals surface area contributed by atoms with Crippen LogP contribution in [-0.4, -0.2) is 18.0 Å². The summed E-state index contributed by atoms with van der Waals surface area (Å²) < 4.78 is 4.66. The highest BCUT2D eigenvalue weighted by Crippen LogP contribution is 2.15. The van der Waals surface area contributed by atoms with E-state index in [0.29, 0.717) is 12.7 Å². The zero-order valence-corrected chi connectivity index (χ0v) is 7.50. The molecule has 1 atom stereocenters. The van der Waals surface area contributed by atoms with Crippen molar-refractivity contribution in [1.29, 1.82) is 0 Å². The normalized spacial score (nSPS) is 14.8. The third-order valence-corrected chi connectivity index (χ3v) is 1.61. The Labute approximate surface area is 72.1 Å². The minimum atomic E-state index is -1.04. The van der Waals surface area contributed by atoms with Gasteiger partial charge in [-0.1, -0.05) is 13.3 Å². The Hall–Kier alpha value is -1.06. The minimum absolute atomic E-state index is 0.524. The lowest BCUT2D eigenvalue weighted by molar-refractivity contribution is -0.123. The van der Waals surface area contributed by atoms with E-state index >= 15 is 0 Å². The van der Waals surface area contributed by atoms with E-state index in [9.17, 15) is 9.59 Å². The van der Waals surface area contributed by atoms with Crippen LogP contribution in [0.15, 0.2) is 0 Å². The summed E-state index contributed by atoms with van der Waals surface area (Å²) in [4.78, 5) is 20.9. The molecule has 0 aliphatic rings. The molecule has 1 amide bonds. The molecule has 0 bridgehead atoms. The lowest BCUT2D eigenvalue weighted by atomic mass is 10.0. The van der Waals surface area contributed by atoms with Crippen LogP contribution in [0.2, 0.25) is 0 Å². The average Bonchev–Trinajstić information content (AvgIpc) is 2.00. The van der Waals surface area contributed by atoms with Crippen molar-refractivity contribution >= 4 is 12.4 Å². The molecular formula is C8H15NO3. The van der Waals surface area contributed by atoms with Crippen LogP contribution in [-0.2, 0) is 9.53 Å². The molecule has 0 spiro atoms. The zero-order chi connectivity index (χ0) is 9.61. The summed E-state index contributed by atoms with van der Waals surface area (Å²) in [7, 11) is 0. The van der Waals surface area contributed by atoms with E-state index < -0.39 is 11.7 Å². The van der Waals surface area contributed by atoms with Gasteiger partial charge in [0.25, 0.3) is 0 Å². The quantitative estimate of drug-likeness (QED) is 0.635. The van der Waals surface area contributed by atoms with Crippen molar-refractivity contribution < 1.29 is 14.3 Å². The molecule has 0 saturated heterocycles. The summed E-state index contributed by atoms with van der Waals surface area (Å²) in [6.45, 7) is 3.55. The fourth-order valence-electron chi connectivity index (χ4n) is 0.892. The molecule has 4 nitrogen and oxygen atoms in total. The Morgan fingerprint density at radius 1 is 1.67 bits per heavy atom. The second-order valence-corrected chi connectivity index (χ2v) is 2.96. The van der Waals surface area contributed by atoms with E-state index in [1.54, 1.807) is 6.92 Å². The van der Waals surface area contributed by atoms with Crippen molar-refractivity contribution in [3.8, 4) is 0 Å². The van der Waals surface area contributed by atoms with Gasteiger partial charge in [0.1, 0.15) is 0 Å². The number of carbonyl (C=O) groups is 2. The molecule has 1 unspecified atom stereocenters. The fraction of sp³-hybridized carbons (Fsp3) is 0.750. The number of ether oxygens (including phenoxy) is 1. The molecular weight excluding hydrogens is 158 g/mol. The first-order valence-corrected chi connectivity index (χ1v) is 3.99. The Bertz CT molecular complexity index is 170. The molecule has 12 heavy (non-hydrogen) atoms. The van der Waals surface area contributed by atoms with Gasteiger partial charge in [-0.25, -0.2) is 4.79 Å². The van der Waals surface area contributed by atoms with Crippen molar-refractivity contribution in [3.63, 3.8) is 0 Å². The molecule has 0 heterocycles. The van der Waals surface area contributed by atoms with Crippen molar-refractivity contribution in [2.24, 2.45) is 5.73 Å². The summed E-state index contributed by atoms with van der Waals surface area (Å²) in [5.41, 5.74) is 3.77. The van der Waals surface area contributed by atoms with Crippen molar-refractivity contribution in [3.05, 3.63) is 0 Å². The number of primary amides is 1. The van der Waals surface area contributed by atoms with Gasteiger partial charge in [-0.3, -0.25) is 4.79 Å². The van der Waals surface area contributed by atoms with Crippen molar-refractivity contribution in [2.75, 3.05) is 0 Å². The van der Waals surface area contributed by atoms with E-state index in [1.165, 1.54) is 0 Å². The maximum atomic E-state index is 10.5. The van der Waals surface area contributed by atoms with E-state index in [4.69, 9.17) is 5.73 Å². The van der Waals surface area contributed by atoms with Crippen LogP contribution >= 0.6 is 0 Å². The predicted octanol–water partition coefficient (Wildman–Crippen LogP) is 1.23. The van der Waals surface area contributed by atoms with E-state index in [0.717, 1.165) is 12.8 Å². The third-order valence-electron chi connectivity index (χ3n) is 1.61. The van der Waals surface area contributed by atoms with Crippen LogP contribution in [0, 0.1) is 0 Å². The largest absolute Gasteiger partial charge is 0.436 e. The number of hydrogen-bond acceptors (Lipinski definition) is 3. The van der Waals surface area contributed by atoms with Gasteiger partial charge in [0.15, 0.2) is 11.9 Å². The molecule has 0 aromatic rings. The monoisotopic (exact) mass is 173 g/mol. The topological polar surface area (TPSA) is 69.4 Å². The van der Waals surface area contributed by atoms with E-state index in [2.05, 4.69) is 4.74 Å². The van der Waals surface area contributed by atoms with Gasteiger partial charge in [0, 0.05) is 0 Å². The van der Waals surface area contributed by atoms with Gasteiger partial charge in [-0.05, 0) is 19.8 Å². The van der Waals surface area contributed by atoms with Crippen LogP contribution in [0.25, 0.3) is 0 Å². The van der Waals surface area contributed by atoms with Crippen LogP contribution in [0.4, 0.5) is 4.79 Å². The zero-order valence-electron chi connectivity index (χ0n) is 7.50. The first-order chi connectivity index (χ1) is 5.54. The van der Waals surface area contributed by atoms with Crippen LogP contribution in [0.3, 0.4) is 0 Å². The molecule has 0 rings (SSSR count). The Kier molecular flexibility index (Phi) is 4.33. The number of carbonyl (C=O) groups excluding carboxylic acids is 2. The summed E-state index contributed by atoms with van der Waals surface area (Å²) in [6, 6.07) is 0. The lowest BCUT2D eigenvalue weighted by Gasteiger charge is -2.21. The molecule has 2 N–H and O–H groups in total. The van der Waals surface area contributed by atoms with Crippen LogP contribution in [0.1, 0.15) is 33.1 Å². The Morgan fingerprint density at radius 2 is 2.25 bits per heavy atom. The first kappa shape index (κ1) is 10.9. The number of rotatable bonds is 5. The summed E-state index contributed by atoms with van der Waals surface area (Å²) in [5.74, 6) is 0. The maximum absolute atomic E-state index is 10.5. The molecule has 0 aliphatic carbocycles. The molecule has 0 fully saturated rings. The van der Waals surface area contributed by atoms with Gasteiger partial charge < -0.3 is 10.5 Å². The second-order valence-electron chi connectivity index (χ2n) is 2.96. The van der Waals surface area contributed by atoms with Crippen molar-refractivity contribution in [1.82, 2.24) is 0 Å². The predicted molar refractivity (Wildman–Crippen MR) is 44.7 cm³/mol. The molecule has 0 saturated carbocycles. The lowest BCUT2D eigenvalue weighted by Crippen LogP contribution is -2.35. The highest BCUT2D eigenvalue weighted by molar-refractivity contribution is 5.71. The van der Waals surface area contributed by atoms with E-state index in [-0.39, 0.29) is 0 Å². The fourth-order valence-corrected chi connectivity index (χ4v) is 0.892. The standard InChI is InChI=1S/C8H15NO3/c1-3-4-5-8(2,6-10)12-7(9)11/h6H,3-5H2,1-2H3,(H2,9,11). The first-order valence-electron chi connectivity index (χ1n) is 3.99. The molecule has 0 aromatic carbocycles. The second kappa shape index (κ2) is 4.74. The number of nitrogens with two attached hydrogens (primary N) is 1. The smallest absolute Gasteiger partial charge is 0.405 e. The Morgan fingerprint density at radius 3 is 2.58 bits per heavy atom.